The van der Waals surface area contributed by atoms with E-state index in [-0.39, 0.29) is 18.3 Å². The maximum Gasteiger partial charge on any atom is 0.316 e. The van der Waals surface area contributed by atoms with Gasteiger partial charge in [0, 0.05) is 11.6 Å². The molecule has 86 valence electrons. The van der Waals surface area contributed by atoms with Gasteiger partial charge in [-0.25, -0.2) is 4.98 Å². The molecule has 0 bridgehead atoms. The molecule has 0 spiro atoms. The van der Waals surface area contributed by atoms with Crippen molar-refractivity contribution in [2.24, 2.45) is 0 Å². The Kier molecular flexibility index (Phi) is 3.47. The number of rotatable bonds is 4. The van der Waals surface area contributed by atoms with Gasteiger partial charge in [0.1, 0.15) is 5.03 Å². The highest BCUT2D eigenvalue weighted by Gasteiger charge is 2.14. The lowest BCUT2D eigenvalue weighted by Crippen LogP contribution is -2.03. The zero-order valence-corrected chi connectivity index (χ0v) is 10.2. The summed E-state index contributed by atoms with van der Waals surface area (Å²) in [6.07, 6.45) is 1.85. The van der Waals surface area contributed by atoms with Crippen LogP contribution in [0.15, 0.2) is 16.6 Å². The minimum Gasteiger partial charge on any atom is -0.468 e. The Bertz CT molecular complexity index is 506. The van der Waals surface area contributed by atoms with E-state index < -0.39 is 0 Å². The second-order valence-electron chi connectivity index (χ2n) is 2.94. The van der Waals surface area contributed by atoms with Crippen LogP contribution in [0.1, 0.15) is 5.69 Å². The van der Waals surface area contributed by atoms with E-state index >= 15 is 0 Å². The standard InChI is InChI=1S/C9H10N2O3S2/c1-14-7(13)5-16-8-6(4-12)11-2-3-15-9(11)10-8/h2-3,12H,4-5H2,1H3. The summed E-state index contributed by atoms with van der Waals surface area (Å²) in [5.74, 6) is -0.0980. The van der Waals surface area contributed by atoms with Crippen molar-refractivity contribution in [2.45, 2.75) is 11.6 Å². The van der Waals surface area contributed by atoms with Crippen LogP contribution in [0.3, 0.4) is 0 Å². The van der Waals surface area contributed by atoms with Gasteiger partial charge < -0.3 is 9.84 Å². The Morgan fingerprint density at radius 1 is 1.75 bits per heavy atom. The molecule has 0 amide bonds. The maximum absolute atomic E-state index is 11.0. The number of carbonyl (C=O) groups excluding carboxylic acids is 1. The third-order valence-corrected chi connectivity index (χ3v) is 3.77. The summed E-state index contributed by atoms with van der Waals surface area (Å²) in [4.78, 5) is 16.1. The van der Waals surface area contributed by atoms with Gasteiger partial charge in [-0.15, -0.1) is 11.3 Å². The molecule has 0 radical (unpaired) electrons. The van der Waals surface area contributed by atoms with E-state index in [1.807, 2.05) is 16.0 Å². The number of ether oxygens (including phenoxy) is 1. The van der Waals surface area contributed by atoms with Gasteiger partial charge in [-0.3, -0.25) is 9.20 Å². The minimum absolute atomic E-state index is 0.0958. The van der Waals surface area contributed by atoms with E-state index in [9.17, 15) is 9.90 Å². The highest BCUT2D eigenvalue weighted by atomic mass is 32.2. The quantitative estimate of drug-likeness (QED) is 0.658. The number of carbonyl (C=O) groups is 1. The molecule has 16 heavy (non-hydrogen) atoms. The van der Waals surface area contributed by atoms with Crippen LogP contribution < -0.4 is 0 Å². The van der Waals surface area contributed by atoms with Crippen molar-refractivity contribution >= 4 is 34.0 Å². The maximum atomic E-state index is 11.0. The molecule has 2 heterocycles. The molecule has 0 saturated heterocycles. The van der Waals surface area contributed by atoms with Crippen LogP contribution in [0.2, 0.25) is 0 Å². The molecule has 0 aromatic carbocycles. The van der Waals surface area contributed by atoms with Crippen LogP contribution >= 0.6 is 23.1 Å². The molecule has 2 aromatic heterocycles. The summed E-state index contributed by atoms with van der Waals surface area (Å²) < 4.78 is 6.37. The number of esters is 1. The smallest absolute Gasteiger partial charge is 0.316 e. The summed E-state index contributed by atoms with van der Waals surface area (Å²) in [5, 5.41) is 11.8. The fourth-order valence-electron chi connectivity index (χ4n) is 1.26. The van der Waals surface area contributed by atoms with E-state index in [0.717, 1.165) is 4.96 Å². The van der Waals surface area contributed by atoms with E-state index in [4.69, 9.17) is 0 Å². The summed E-state index contributed by atoms with van der Waals surface area (Å²) in [6.45, 7) is -0.0958. The predicted octanol–water partition coefficient (Wildman–Crippen LogP) is 1.15. The first-order valence-corrected chi connectivity index (χ1v) is 6.37. The summed E-state index contributed by atoms with van der Waals surface area (Å²) in [5.41, 5.74) is 0.713. The molecular weight excluding hydrogens is 248 g/mol. The number of thiazole rings is 1. The van der Waals surface area contributed by atoms with Crippen molar-refractivity contribution in [1.29, 1.82) is 0 Å². The number of methoxy groups -OCH3 is 1. The lowest BCUT2D eigenvalue weighted by molar-refractivity contribution is -0.137. The number of thioether (sulfide) groups is 1. The van der Waals surface area contributed by atoms with Crippen molar-refractivity contribution in [1.82, 2.24) is 9.38 Å². The number of hydrogen-bond acceptors (Lipinski definition) is 6. The van der Waals surface area contributed by atoms with Gasteiger partial charge in [0.2, 0.25) is 0 Å². The average molecular weight is 258 g/mol. The Morgan fingerprint density at radius 3 is 3.25 bits per heavy atom. The largest absolute Gasteiger partial charge is 0.468 e. The molecule has 0 aliphatic heterocycles. The highest BCUT2D eigenvalue weighted by Crippen LogP contribution is 2.25. The fourth-order valence-corrected chi connectivity index (χ4v) is 2.90. The Labute approximate surface area is 100 Å². The van der Waals surface area contributed by atoms with Crippen LogP contribution in [-0.2, 0) is 16.1 Å². The number of nitrogens with zero attached hydrogens (tertiary/aromatic N) is 2. The number of imidazole rings is 1. The summed E-state index contributed by atoms with van der Waals surface area (Å²) >= 11 is 2.76. The van der Waals surface area contributed by atoms with Crippen molar-refractivity contribution in [2.75, 3.05) is 12.9 Å². The minimum atomic E-state index is -0.301. The van der Waals surface area contributed by atoms with Crippen LogP contribution in [-0.4, -0.2) is 33.3 Å². The van der Waals surface area contributed by atoms with Gasteiger partial charge in [0.15, 0.2) is 4.96 Å². The zero-order valence-electron chi connectivity index (χ0n) is 8.54. The first-order chi connectivity index (χ1) is 7.76. The Morgan fingerprint density at radius 2 is 2.56 bits per heavy atom. The zero-order chi connectivity index (χ0) is 11.5. The highest BCUT2D eigenvalue weighted by molar-refractivity contribution is 7.99. The SMILES string of the molecule is COC(=O)CSc1nc2sccn2c1CO. The van der Waals surface area contributed by atoms with Gasteiger partial charge >= 0.3 is 5.97 Å². The summed E-state index contributed by atoms with van der Waals surface area (Å²) in [7, 11) is 1.35. The van der Waals surface area contributed by atoms with Gasteiger partial charge in [-0.2, -0.15) is 0 Å². The lowest BCUT2D eigenvalue weighted by Gasteiger charge is -1.99. The number of aliphatic hydroxyl groups is 1. The van der Waals surface area contributed by atoms with Crippen LogP contribution in [0.4, 0.5) is 0 Å². The Balaban J connectivity index is 2.22. The second kappa shape index (κ2) is 4.86. The van der Waals surface area contributed by atoms with Crippen molar-refractivity contribution < 1.29 is 14.6 Å². The molecule has 0 atom stereocenters. The van der Waals surface area contributed by atoms with Gasteiger partial charge in [-0.1, -0.05) is 11.8 Å². The van der Waals surface area contributed by atoms with E-state index in [1.165, 1.54) is 30.2 Å². The molecule has 0 aliphatic carbocycles. The van der Waals surface area contributed by atoms with Gasteiger partial charge in [0.05, 0.1) is 25.2 Å². The fraction of sp³-hybridized carbons (Fsp3) is 0.333. The third kappa shape index (κ3) is 2.06. The summed E-state index contributed by atoms with van der Waals surface area (Å²) in [6, 6.07) is 0. The van der Waals surface area contributed by atoms with Crippen LogP contribution in [0.25, 0.3) is 4.96 Å². The number of aliphatic hydroxyl groups excluding tert-OH is 1. The van der Waals surface area contributed by atoms with Crippen LogP contribution in [0, 0.1) is 0 Å². The number of fused-ring (bicyclic) bond motifs is 1. The first kappa shape index (κ1) is 11.4. The van der Waals surface area contributed by atoms with Crippen molar-refractivity contribution in [3.05, 3.63) is 17.3 Å². The molecule has 0 unspecified atom stereocenters. The molecular formula is C9H10N2O3S2. The second-order valence-corrected chi connectivity index (χ2v) is 4.78. The molecule has 5 nitrogen and oxygen atoms in total. The Hall–Kier alpha value is -1.05. The number of hydrogen-bond donors (Lipinski definition) is 1. The van der Waals surface area contributed by atoms with E-state index in [2.05, 4.69) is 9.72 Å². The average Bonchev–Trinajstić information content (AvgIpc) is 2.84. The molecule has 0 saturated carbocycles. The number of aromatic nitrogens is 2. The van der Waals surface area contributed by atoms with E-state index in [0.29, 0.717) is 10.7 Å². The molecule has 7 heteroatoms. The predicted molar refractivity (Wildman–Crippen MR) is 61.7 cm³/mol. The molecule has 2 rings (SSSR count). The van der Waals surface area contributed by atoms with Crippen molar-refractivity contribution in [3.8, 4) is 0 Å². The van der Waals surface area contributed by atoms with Gasteiger partial charge in [0.25, 0.3) is 0 Å². The topological polar surface area (TPSA) is 63.8 Å². The normalized spacial score (nSPS) is 10.9. The van der Waals surface area contributed by atoms with Gasteiger partial charge in [-0.05, 0) is 0 Å². The monoisotopic (exact) mass is 258 g/mol. The molecule has 0 aliphatic rings. The van der Waals surface area contributed by atoms with E-state index in [1.54, 1.807) is 0 Å². The molecule has 2 aromatic rings. The lowest BCUT2D eigenvalue weighted by atomic mass is 10.5. The van der Waals surface area contributed by atoms with Crippen molar-refractivity contribution in [3.63, 3.8) is 0 Å². The molecule has 1 N–H and O–H groups in total. The first-order valence-electron chi connectivity index (χ1n) is 4.51. The molecule has 0 fully saturated rings. The third-order valence-electron chi connectivity index (χ3n) is 2.03. The van der Waals surface area contributed by atoms with Crippen LogP contribution in [0.5, 0.6) is 0 Å².